The summed E-state index contributed by atoms with van der Waals surface area (Å²) in [6.45, 7) is 11.5. The van der Waals surface area contributed by atoms with Gasteiger partial charge in [0.2, 0.25) is 0 Å². The zero-order valence-electron chi connectivity index (χ0n) is 26.1. The quantitative estimate of drug-likeness (QED) is 0.236. The van der Waals surface area contributed by atoms with Crippen molar-refractivity contribution in [1.29, 1.82) is 0 Å². The zero-order valence-corrected chi connectivity index (χ0v) is 26.1. The number of carbonyl (C=O) groups excluding carboxylic acids is 2. The minimum atomic E-state index is -0.629. The van der Waals surface area contributed by atoms with Crippen LogP contribution in [0.5, 0.6) is 5.75 Å². The fourth-order valence-electron chi connectivity index (χ4n) is 4.31. The molecule has 230 valence electrons. The van der Waals surface area contributed by atoms with Crippen LogP contribution in [-0.4, -0.2) is 41.9 Å². The van der Waals surface area contributed by atoms with Crippen LogP contribution in [0.2, 0.25) is 0 Å². The van der Waals surface area contributed by atoms with Crippen molar-refractivity contribution in [3.63, 3.8) is 0 Å². The van der Waals surface area contributed by atoms with E-state index in [1.54, 1.807) is 22.9 Å². The second-order valence-corrected chi connectivity index (χ2v) is 9.17. The van der Waals surface area contributed by atoms with Crippen molar-refractivity contribution in [3.05, 3.63) is 101 Å². The molecule has 0 spiro atoms. The largest absolute Gasteiger partial charge is 0.496 e. The number of rotatable bonds is 7. The van der Waals surface area contributed by atoms with Crippen molar-refractivity contribution in [1.82, 2.24) is 15.1 Å². The lowest BCUT2D eigenvalue weighted by Crippen LogP contribution is -2.23. The Balaban J connectivity index is 0.000000502. The van der Waals surface area contributed by atoms with Gasteiger partial charge in [0.25, 0.3) is 11.8 Å². The average molecular weight is 588 g/mol. The monoisotopic (exact) mass is 587 g/mol. The molecular weight excluding hydrogens is 542 g/mol. The number of aryl methyl sites for hydroxylation is 1. The number of nitrogen functional groups attached to an aromatic ring is 1. The van der Waals surface area contributed by atoms with Crippen LogP contribution in [0.3, 0.4) is 0 Å². The number of hydrogen-bond acceptors (Lipinski definition) is 6. The van der Waals surface area contributed by atoms with E-state index in [4.69, 9.17) is 20.9 Å². The minimum absolute atomic E-state index is 0.0219. The molecule has 4 aromatic rings. The summed E-state index contributed by atoms with van der Waals surface area (Å²) in [4.78, 5) is 24.6. The van der Waals surface area contributed by atoms with Crippen molar-refractivity contribution in [2.75, 3.05) is 26.1 Å². The minimum Gasteiger partial charge on any atom is -0.496 e. The first kappa shape index (κ1) is 34.6. The first-order chi connectivity index (χ1) is 20.9. The van der Waals surface area contributed by atoms with Crippen molar-refractivity contribution in [3.8, 4) is 17.0 Å². The number of benzene rings is 3. The normalized spacial score (nSPS) is 13.2. The van der Waals surface area contributed by atoms with Crippen LogP contribution in [0.1, 0.15) is 72.0 Å². The van der Waals surface area contributed by atoms with Crippen molar-refractivity contribution in [2.45, 2.75) is 53.6 Å². The standard InChI is InChI=1S/C23H25N5O4.C7H8.2C2H6/c1-31-18-5-3-2-4-17(18)23(30)26-12-14-6-8-15(9-7-14)20-19(22(25)29)21(24)28(27-20)16-10-11-32-13-16;1-7-5-3-2-4-6-7;2*1-2/h2-9,16H,10-13,24H2,1H3,(H2,25,29)(H,26,30);2-6H,1H3;2*1-2H3. The summed E-state index contributed by atoms with van der Waals surface area (Å²) >= 11 is 0. The number of nitrogens with one attached hydrogen (secondary N) is 1. The molecule has 1 aliphatic heterocycles. The third kappa shape index (κ3) is 9.44. The predicted molar refractivity (Wildman–Crippen MR) is 173 cm³/mol. The Bertz CT molecular complexity index is 1410. The summed E-state index contributed by atoms with van der Waals surface area (Å²) in [5, 5.41) is 7.46. The lowest BCUT2D eigenvalue weighted by Gasteiger charge is -2.10. The van der Waals surface area contributed by atoms with Gasteiger partial charge in [-0.1, -0.05) is 100.0 Å². The summed E-state index contributed by atoms with van der Waals surface area (Å²) in [6.07, 6.45) is 0.772. The van der Waals surface area contributed by atoms with Gasteiger partial charge >= 0.3 is 0 Å². The maximum atomic E-state index is 12.5. The average Bonchev–Trinajstić information content (AvgIpc) is 3.71. The lowest BCUT2D eigenvalue weighted by molar-refractivity contribution is 0.0946. The summed E-state index contributed by atoms with van der Waals surface area (Å²) in [5.74, 6) is -0.0973. The van der Waals surface area contributed by atoms with Crippen molar-refractivity contribution >= 4 is 17.6 Å². The molecule has 0 bridgehead atoms. The van der Waals surface area contributed by atoms with Gasteiger partial charge in [-0.2, -0.15) is 5.10 Å². The van der Waals surface area contributed by atoms with Crippen LogP contribution in [0.4, 0.5) is 5.82 Å². The number of nitrogens with zero attached hydrogens (tertiary/aromatic N) is 2. The SMILES string of the molecule is CC.CC.COc1ccccc1C(=O)NCc1ccc(-c2nn(C3CCOC3)c(N)c2C(N)=O)cc1.Cc1ccccc1. The van der Waals surface area contributed by atoms with Crippen molar-refractivity contribution in [2.24, 2.45) is 5.73 Å². The summed E-state index contributed by atoms with van der Waals surface area (Å²) in [5.41, 5.74) is 15.8. The van der Waals surface area contributed by atoms with Crippen molar-refractivity contribution < 1.29 is 19.1 Å². The van der Waals surface area contributed by atoms with Gasteiger partial charge in [0.05, 0.1) is 25.3 Å². The molecule has 1 atom stereocenters. The van der Waals surface area contributed by atoms with Crippen LogP contribution < -0.4 is 21.5 Å². The molecule has 0 radical (unpaired) electrons. The van der Waals surface area contributed by atoms with E-state index < -0.39 is 5.91 Å². The molecule has 9 nitrogen and oxygen atoms in total. The number of aromatic nitrogens is 2. The van der Waals surface area contributed by atoms with Gasteiger partial charge in [-0.3, -0.25) is 9.59 Å². The van der Waals surface area contributed by atoms with Gasteiger partial charge in [-0.05, 0) is 31.0 Å². The van der Waals surface area contributed by atoms with Crippen LogP contribution >= 0.6 is 0 Å². The Morgan fingerprint density at radius 3 is 2.14 bits per heavy atom. The molecule has 1 saturated heterocycles. The van der Waals surface area contributed by atoms with E-state index in [0.717, 1.165) is 12.0 Å². The van der Waals surface area contributed by atoms with Gasteiger partial charge < -0.3 is 26.3 Å². The highest BCUT2D eigenvalue weighted by atomic mass is 16.5. The zero-order chi connectivity index (χ0) is 31.8. The second-order valence-electron chi connectivity index (χ2n) is 9.17. The van der Waals surface area contributed by atoms with Crippen LogP contribution in [0.15, 0.2) is 78.9 Å². The molecule has 5 N–H and O–H groups in total. The van der Waals surface area contributed by atoms with Crippen LogP contribution in [0, 0.1) is 6.92 Å². The molecule has 0 saturated carbocycles. The number of ether oxygens (including phenoxy) is 2. The van der Waals surface area contributed by atoms with Gasteiger partial charge in [0.1, 0.15) is 22.8 Å². The Morgan fingerprint density at radius 2 is 1.60 bits per heavy atom. The number of para-hydroxylation sites is 1. The Labute approximate surface area is 255 Å². The topological polar surface area (TPSA) is 134 Å². The highest BCUT2D eigenvalue weighted by Crippen LogP contribution is 2.31. The summed E-state index contributed by atoms with van der Waals surface area (Å²) in [7, 11) is 1.53. The molecular formula is C34H45N5O4. The number of anilines is 1. The molecule has 1 aliphatic rings. The molecule has 5 rings (SSSR count). The molecule has 2 amide bonds. The summed E-state index contributed by atoms with van der Waals surface area (Å²) < 4.78 is 12.3. The van der Waals surface area contributed by atoms with Gasteiger partial charge in [0, 0.05) is 18.7 Å². The second kappa shape index (κ2) is 18.0. The van der Waals surface area contributed by atoms with Gasteiger partial charge in [0.15, 0.2) is 0 Å². The highest BCUT2D eigenvalue weighted by molar-refractivity contribution is 6.03. The number of carbonyl (C=O) groups is 2. The van der Waals surface area contributed by atoms with Crippen LogP contribution in [0.25, 0.3) is 11.3 Å². The number of nitrogens with two attached hydrogens (primary N) is 2. The fraction of sp³-hybridized carbons (Fsp3) is 0.324. The fourth-order valence-corrected chi connectivity index (χ4v) is 4.31. The molecule has 1 unspecified atom stereocenters. The van der Waals surface area contributed by atoms with E-state index in [-0.39, 0.29) is 23.3 Å². The highest BCUT2D eigenvalue weighted by Gasteiger charge is 2.27. The number of primary amides is 1. The maximum Gasteiger partial charge on any atom is 0.255 e. The summed E-state index contributed by atoms with van der Waals surface area (Å²) in [6, 6.07) is 24.6. The number of amides is 2. The molecule has 1 aromatic heterocycles. The van der Waals surface area contributed by atoms with E-state index in [2.05, 4.69) is 29.5 Å². The molecule has 2 heterocycles. The molecule has 3 aromatic carbocycles. The smallest absolute Gasteiger partial charge is 0.255 e. The third-order valence-electron chi connectivity index (χ3n) is 6.42. The van der Waals surface area contributed by atoms with Crippen LogP contribution in [-0.2, 0) is 11.3 Å². The van der Waals surface area contributed by atoms with Gasteiger partial charge in [-0.25, -0.2) is 4.68 Å². The Hall–Kier alpha value is -4.63. The number of hydrogen-bond donors (Lipinski definition) is 3. The van der Waals surface area contributed by atoms with E-state index in [0.29, 0.717) is 42.3 Å². The van der Waals surface area contributed by atoms with E-state index in [9.17, 15) is 9.59 Å². The Kier molecular flexibility index (Phi) is 14.5. The molecule has 0 aliphatic carbocycles. The lowest BCUT2D eigenvalue weighted by atomic mass is 10.0. The first-order valence-corrected chi connectivity index (χ1v) is 14.7. The molecule has 9 heteroatoms. The Morgan fingerprint density at radius 1 is 0.977 bits per heavy atom. The maximum absolute atomic E-state index is 12.5. The van der Waals surface area contributed by atoms with E-state index in [1.807, 2.05) is 76.2 Å². The van der Waals surface area contributed by atoms with Gasteiger partial charge in [-0.15, -0.1) is 0 Å². The predicted octanol–water partition coefficient (Wildman–Crippen LogP) is 6.18. The number of methoxy groups -OCH3 is 1. The molecule has 43 heavy (non-hydrogen) atoms. The molecule has 1 fully saturated rings. The van der Waals surface area contributed by atoms with E-state index >= 15 is 0 Å². The van der Waals surface area contributed by atoms with E-state index in [1.165, 1.54) is 12.7 Å². The first-order valence-electron chi connectivity index (χ1n) is 14.7. The third-order valence-corrected chi connectivity index (χ3v) is 6.42.